The quantitative estimate of drug-likeness (QED) is 0.482. The van der Waals surface area contributed by atoms with Crippen LogP contribution in [0.5, 0.6) is 0 Å². The minimum atomic E-state index is -0.475. The zero-order valence-corrected chi connectivity index (χ0v) is 19.0. The van der Waals surface area contributed by atoms with Crippen LogP contribution in [-0.4, -0.2) is 50.9 Å². The first kappa shape index (κ1) is 21.3. The average Bonchev–Trinajstić information content (AvgIpc) is 3.16. The Hall–Kier alpha value is -3.59. The van der Waals surface area contributed by atoms with Crippen LogP contribution < -0.4 is 15.5 Å². The van der Waals surface area contributed by atoms with E-state index in [4.69, 9.17) is 0 Å². The van der Waals surface area contributed by atoms with Crippen molar-refractivity contribution in [2.75, 3.05) is 36.4 Å². The molecule has 1 saturated heterocycles. The minimum absolute atomic E-state index is 0.241. The van der Waals surface area contributed by atoms with Gasteiger partial charge < -0.3 is 15.5 Å². The zero-order valence-electron chi connectivity index (χ0n) is 19.0. The summed E-state index contributed by atoms with van der Waals surface area (Å²) in [6.07, 6.45) is 3.03. The van der Waals surface area contributed by atoms with Gasteiger partial charge in [0.05, 0.1) is 23.6 Å². The summed E-state index contributed by atoms with van der Waals surface area (Å²) in [5, 5.41) is 12.0. The maximum absolute atomic E-state index is 14.7. The summed E-state index contributed by atoms with van der Waals surface area (Å²) in [6.45, 7) is 8.09. The number of hydrogen-bond acceptors (Lipinski definition) is 7. The third kappa shape index (κ3) is 4.23. The molecule has 1 aromatic carbocycles. The zero-order chi connectivity index (χ0) is 22.9. The van der Waals surface area contributed by atoms with Gasteiger partial charge in [0.15, 0.2) is 5.82 Å². The highest BCUT2D eigenvalue weighted by Gasteiger charge is 2.16. The Bertz CT molecular complexity index is 1280. The summed E-state index contributed by atoms with van der Waals surface area (Å²) in [7, 11) is 1.93. The van der Waals surface area contributed by atoms with Crippen molar-refractivity contribution in [2.45, 2.75) is 19.8 Å². The molecule has 1 fully saturated rings. The predicted octanol–water partition coefficient (Wildman–Crippen LogP) is 3.84. The molecule has 0 bridgehead atoms. The minimum Gasteiger partial charge on any atom is -0.368 e. The molecular weight excluding hydrogens is 419 g/mol. The van der Waals surface area contributed by atoms with Gasteiger partial charge in [-0.25, -0.2) is 19.3 Å². The Balaban J connectivity index is 1.42. The SMILES string of the molecule is CC(C)c1c2cc(-c3nc(Nc4ccc(N5CCNCC5)cn4)ncc3F)ccc2nn1C. The monoisotopic (exact) mass is 446 g/mol. The number of benzene rings is 1. The standard InChI is InChI=1S/C24H27FN8/c1-15(2)23-18-12-16(4-6-20(18)31-32(23)3)22-19(25)14-28-24(30-22)29-21-7-5-17(13-27-21)33-10-8-26-9-11-33/h4-7,12-15,26H,8-11H2,1-3H3,(H,27,28,29,30). The second-order valence-electron chi connectivity index (χ2n) is 8.55. The topological polar surface area (TPSA) is 83.8 Å². The molecule has 0 spiro atoms. The second kappa shape index (κ2) is 8.74. The smallest absolute Gasteiger partial charge is 0.229 e. The number of anilines is 3. The molecule has 33 heavy (non-hydrogen) atoms. The third-order valence-corrected chi connectivity index (χ3v) is 5.91. The number of aromatic nitrogens is 5. The first-order valence-electron chi connectivity index (χ1n) is 11.2. The molecule has 4 aromatic rings. The highest BCUT2D eigenvalue weighted by molar-refractivity contribution is 5.86. The maximum atomic E-state index is 14.7. The van der Waals surface area contributed by atoms with Crippen molar-refractivity contribution in [3.63, 3.8) is 0 Å². The van der Waals surface area contributed by atoms with Gasteiger partial charge in [-0.3, -0.25) is 4.68 Å². The molecule has 0 radical (unpaired) electrons. The summed E-state index contributed by atoms with van der Waals surface area (Å²) in [4.78, 5) is 15.3. The van der Waals surface area contributed by atoms with Crippen LogP contribution in [0.2, 0.25) is 0 Å². The summed E-state index contributed by atoms with van der Waals surface area (Å²) >= 11 is 0. The van der Waals surface area contributed by atoms with E-state index < -0.39 is 5.82 Å². The molecule has 5 rings (SSSR count). The number of pyridine rings is 1. The summed E-state index contributed by atoms with van der Waals surface area (Å²) in [5.74, 6) is 0.718. The van der Waals surface area contributed by atoms with Crippen molar-refractivity contribution < 1.29 is 4.39 Å². The van der Waals surface area contributed by atoms with Gasteiger partial charge in [-0.05, 0) is 30.2 Å². The van der Waals surface area contributed by atoms with Crippen LogP contribution in [0, 0.1) is 5.82 Å². The Morgan fingerprint density at radius 1 is 1.06 bits per heavy atom. The van der Waals surface area contributed by atoms with Gasteiger partial charge in [0, 0.05) is 49.9 Å². The summed E-state index contributed by atoms with van der Waals surface area (Å²) in [5.41, 5.74) is 3.99. The number of piperazine rings is 1. The molecule has 3 aromatic heterocycles. The Morgan fingerprint density at radius 2 is 1.88 bits per heavy atom. The number of halogens is 1. The number of nitrogens with one attached hydrogen (secondary N) is 2. The lowest BCUT2D eigenvalue weighted by molar-refractivity contribution is 0.589. The molecule has 170 valence electrons. The van der Waals surface area contributed by atoms with Gasteiger partial charge in [0.1, 0.15) is 11.5 Å². The van der Waals surface area contributed by atoms with Crippen molar-refractivity contribution in [3.05, 3.63) is 54.2 Å². The molecule has 0 atom stereocenters. The Labute approximate surface area is 191 Å². The van der Waals surface area contributed by atoms with Crippen LogP contribution in [0.15, 0.2) is 42.7 Å². The summed E-state index contributed by atoms with van der Waals surface area (Å²) in [6, 6.07) is 9.61. The molecule has 8 nitrogen and oxygen atoms in total. The van der Waals surface area contributed by atoms with Gasteiger partial charge in [0.2, 0.25) is 5.95 Å². The van der Waals surface area contributed by atoms with Crippen molar-refractivity contribution in [1.29, 1.82) is 0 Å². The molecule has 1 aliphatic heterocycles. The van der Waals surface area contributed by atoms with E-state index in [1.54, 1.807) is 0 Å². The normalized spacial score (nSPS) is 14.3. The molecule has 2 N–H and O–H groups in total. The lowest BCUT2D eigenvalue weighted by Crippen LogP contribution is -2.43. The highest BCUT2D eigenvalue weighted by Crippen LogP contribution is 2.30. The summed E-state index contributed by atoms with van der Waals surface area (Å²) < 4.78 is 16.6. The lowest BCUT2D eigenvalue weighted by atomic mass is 10.0. The molecule has 1 aliphatic rings. The largest absolute Gasteiger partial charge is 0.368 e. The van der Waals surface area contributed by atoms with E-state index in [0.29, 0.717) is 17.3 Å². The van der Waals surface area contributed by atoms with Crippen molar-refractivity contribution in [1.82, 2.24) is 30.0 Å². The number of hydrogen-bond donors (Lipinski definition) is 2. The molecule has 0 saturated carbocycles. The number of rotatable bonds is 5. The van der Waals surface area contributed by atoms with Crippen LogP contribution in [-0.2, 0) is 7.05 Å². The van der Waals surface area contributed by atoms with Crippen molar-refractivity contribution >= 4 is 28.4 Å². The molecule has 0 unspecified atom stereocenters. The van der Waals surface area contributed by atoms with E-state index in [9.17, 15) is 4.39 Å². The second-order valence-corrected chi connectivity index (χ2v) is 8.55. The fourth-order valence-corrected chi connectivity index (χ4v) is 4.36. The first-order valence-corrected chi connectivity index (χ1v) is 11.2. The van der Waals surface area contributed by atoms with E-state index in [0.717, 1.165) is 48.5 Å². The molecule has 9 heteroatoms. The fraction of sp³-hybridized carbons (Fsp3) is 0.333. The van der Waals surface area contributed by atoms with E-state index in [2.05, 4.69) is 49.4 Å². The third-order valence-electron chi connectivity index (χ3n) is 5.91. The van der Waals surface area contributed by atoms with E-state index in [-0.39, 0.29) is 11.6 Å². The van der Waals surface area contributed by atoms with E-state index in [1.807, 2.05) is 48.3 Å². The van der Waals surface area contributed by atoms with Gasteiger partial charge in [-0.1, -0.05) is 19.9 Å². The van der Waals surface area contributed by atoms with Crippen molar-refractivity contribution in [2.24, 2.45) is 7.05 Å². The number of aryl methyl sites for hydroxylation is 1. The van der Waals surface area contributed by atoms with Crippen LogP contribution in [0.25, 0.3) is 22.2 Å². The van der Waals surface area contributed by atoms with Gasteiger partial charge in [0.25, 0.3) is 0 Å². The highest BCUT2D eigenvalue weighted by atomic mass is 19.1. The lowest BCUT2D eigenvalue weighted by Gasteiger charge is -2.29. The number of fused-ring (bicyclic) bond motifs is 1. The van der Waals surface area contributed by atoms with Crippen LogP contribution in [0.3, 0.4) is 0 Å². The maximum Gasteiger partial charge on any atom is 0.229 e. The first-order chi connectivity index (χ1) is 16.0. The average molecular weight is 447 g/mol. The van der Waals surface area contributed by atoms with Crippen LogP contribution in [0.1, 0.15) is 25.5 Å². The van der Waals surface area contributed by atoms with Gasteiger partial charge >= 0.3 is 0 Å². The molecule has 0 aliphatic carbocycles. The van der Waals surface area contributed by atoms with Crippen LogP contribution >= 0.6 is 0 Å². The fourth-order valence-electron chi connectivity index (χ4n) is 4.36. The molecule has 0 amide bonds. The molecular formula is C24H27FN8. The van der Waals surface area contributed by atoms with Crippen molar-refractivity contribution in [3.8, 4) is 11.3 Å². The van der Waals surface area contributed by atoms with Gasteiger partial charge in [-0.2, -0.15) is 5.10 Å². The Kier molecular flexibility index (Phi) is 5.63. The Morgan fingerprint density at radius 3 is 2.61 bits per heavy atom. The number of nitrogens with zero attached hydrogens (tertiary/aromatic N) is 6. The predicted molar refractivity (Wildman–Crippen MR) is 128 cm³/mol. The molecule has 4 heterocycles. The van der Waals surface area contributed by atoms with E-state index in [1.165, 1.54) is 6.20 Å². The van der Waals surface area contributed by atoms with Crippen LogP contribution in [0.4, 0.5) is 21.8 Å². The van der Waals surface area contributed by atoms with E-state index >= 15 is 0 Å². The van der Waals surface area contributed by atoms with Gasteiger partial charge in [-0.15, -0.1) is 0 Å².